The first-order valence-electron chi connectivity index (χ1n) is 6.74. The van der Waals surface area contributed by atoms with Crippen molar-refractivity contribution in [3.8, 4) is 11.4 Å². The van der Waals surface area contributed by atoms with Crippen molar-refractivity contribution in [2.75, 3.05) is 12.4 Å². The van der Waals surface area contributed by atoms with Gasteiger partial charge in [-0.2, -0.15) is 0 Å². The molecule has 2 N–H and O–H groups in total. The molecule has 0 saturated carbocycles. The van der Waals surface area contributed by atoms with Gasteiger partial charge in [0, 0.05) is 17.6 Å². The number of urea groups is 1. The van der Waals surface area contributed by atoms with Crippen LogP contribution in [0.15, 0.2) is 42.0 Å². The lowest BCUT2D eigenvalue weighted by atomic mass is 10.3. The fraction of sp³-hybridized carbons (Fsp3) is 0.143. The first-order chi connectivity index (χ1) is 11.2. The van der Waals surface area contributed by atoms with Crippen LogP contribution in [0.4, 0.5) is 9.93 Å². The van der Waals surface area contributed by atoms with E-state index >= 15 is 0 Å². The Balaban J connectivity index is 1.59. The number of hydrogen-bond acceptors (Lipinski definition) is 6. The Morgan fingerprint density at radius 3 is 3.13 bits per heavy atom. The fourth-order valence-corrected chi connectivity index (χ4v) is 2.38. The highest BCUT2D eigenvalue weighted by atomic mass is 32.1. The Morgan fingerprint density at radius 1 is 1.43 bits per heavy atom. The van der Waals surface area contributed by atoms with Crippen LogP contribution in [0.1, 0.15) is 5.69 Å². The molecule has 3 aromatic rings. The average Bonchev–Trinajstić information content (AvgIpc) is 3.24. The number of hydrogen-bond donors (Lipinski definition) is 2. The summed E-state index contributed by atoms with van der Waals surface area (Å²) in [7, 11) is 1.61. The van der Waals surface area contributed by atoms with Crippen molar-refractivity contribution in [1.29, 1.82) is 0 Å². The van der Waals surface area contributed by atoms with E-state index in [1.54, 1.807) is 29.6 Å². The van der Waals surface area contributed by atoms with Crippen molar-refractivity contribution < 1.29 is 9.53 Å². The van der Waals surface area contributed by atoms with E-state index in [2.05, 4.69) is 25.9 Å². The predicted molar refractivity (Wildman–Crippen MR) is 85.9 cm³/mol. The van der Waals surface area contributed by atoms with Crippen LogP contribution < -0.4 is 15.4 Å². The summed E-state index contributed by atoms with van der Waals surface area (Å²) in [5.74, 6) is 0.737. The molecule has 0 saturated heterocycles. The molecule has 1 aromatic carbocycles. The molecule has 0 aliphatic rings. The van der Waals surface area contributed by atoms with Crippen molar-refractivity contribution >= 4 is 22.5 Å². The number of rotatable bonds is 5. The van der Waals surface area contributed by atoms with Crippen molar-refractivity contribution in [2.24, 2.45) is 0 Å². The maximum absolute atomic E-state index is 11.7. The number of carbonyl (C=O) groups is 1. The number of nitrogens with one attached hydrogen (secondary N) is 2. The molecule has 0 fully saturated rings. The first-order valence-corrected chi connectivity index (χ1v) is 7.62. The van der Waals surface area contributed by atoms with Crippen LogP contribution in [-0.2, 0) is 6.54 Å². The van der Waals surface area contributed by atoms with Gasteiger partial charge in [0.2, 0.25) is 0 Å². The number of thiazole rings is 1. The number of amides is 2. The molecule has 0 aliphatic carbocycles. The molecule has 0 spiro atoms. The third kappa shape index (κ3) is 3.83. The van der Waals surface area contributed by atoms with E-state index in [-0.39, 0.29) is 12.6 Å². The standard InChI is InChI=1S/C14H14N6O2S/c1-22-12-4-2-3-11(7-12)20-9-10(18-19-20)8-16-13(21)17-14-15-5-6-23-14/h2-7,9H,8H2,1H3,(H2,15,16,17,21). The molecule has 8 nitrogen and oxygen atoms in total. The molecule has 3 rings (SSSR count). The second-order valence-corrected chi connectivity index (χ2v) is 5.40. The number of nitrogens with zero attached hydrogens (tertiary/aromatic N) is 4. The Hall–Kier alpha value is -2.94. The molecule has 0 unspecified atom stereocenters. The topological polar surface area (TPSA) is 94.0 Å². The van der Waals surface area contributed by atoms with Gasteiger partial charge in [0.05, 0.1) is 25.5 Å². The number of ether oxygens (including phenoxy) is 1. The van der Waals surface area contributed by atoms with Gasteiger partial charge >= 0.3 is 6.03 Å². The van der Waals surface area contributed by atoms with Crippen LogP contribution in [0.25, 0.3) is 5.69 Å². The van der Waals surface area contributed by atoms with Gasteiger partial charge in [0.25, 0.3) is 0 Å². The monoisotopic (exact) mass is 330 g/mol. The van der Waals surface area contributed by atoms with E-state index in [1.165, 1.54) is 11.3 Å². The first kappa shape index (κ1) is 15.0. The third-order valence-corrected chi connectivity index (χ3v) is 3.63. The normalized spacial score (nSPS) is 10.3. The summed E-state index contributed by atoms with van der Waals surface area (Å²) in [6, 6.07) is 7.13. The Labute approximate surface area is 136 Å². The summed E-state index contributed by atoms with van der Waals surface area (Å²) in [6.07, 6.45) is 3.37. The number of aromatic nitrogens is 4. The van der Waals surface area contributed by atoms with E-state index < -0.39 is 0 Å². The summed E-state index contributed by atoms with van der Waals surface area (Å²) < 4.78 is 6.80. The summed E-state index contributed by atoms with van der Waals surface area (Å²) in [5, 5.41) is 15.7. The van der Waals surface area contributed by atoms with Gasteiger partial charge in [0.1, 0.15) is 11.4 Å². The SMILES string of the molecule is COc1cccc(-n2cc(CNC(=O)Nc3nccs3)nn2)c1. The second-order valence-electron chi connectivity index (χ2n) is 4.50. The lowest BCUT2D eigenvalue weighted by Gasteiger charge is -2.03. The maximum Gasteiger partial charge on any atom is 0.321 e. The summed E-state index contributed by atoms with van der Waals surface area (Å²) in [6.45, 7) is 0.265. The number of anilines is 1. The van der Waals surface area contributed by atoms with Crippen molar-refractivity contribution in [1.82, 2.24) is 25.3 Å². The highest BCUT2D eigenvalue weighted by Gasteiger charge is 2.07. The summed E-state index contributed by atoms with van der Waals surface area (Å²) in [4.78, 5) is 15.7. The molecule has 2 aromatic heterocycles. The number of benzene rings is 1. The van der Waals surface area contributed by atoms with E-state index in [0.29, 0.717) is 10.8 Å². The molecule has 0 atom stereocenters. The van der Waals surface area contributed by atoms with Crippen LogP contribution >= 0.6 is 11.3 Å². The van der Waals surface area contributed by atoms with Gasteiger partial charge in [-0.15, -0.1) is 16.4 Å². The highest BCUT2D eigenvalue weighted by Crippen LogP contribution is 2.15. The average molecular weight is 330 g/mol. The van der Waals surface area contributed by atoms with E-state index in [1.807, 2.05) is 24.3 Å². The quantitative estimate of drug-likeness (QED) is 0.747. The molecule has 2 amide bonds. The Kier molecular flexibility index (Phi) is 4.48. The van der Waals surface area contributed by atoms with Gasteiger partial charge < -0.3 is 10.1 Å². The number of carbonyl (C=O) groups excluding carboxylic acids is 1. The summed E-state index contributed by atoms with van der Waals surface area (Å²) >= 11 is 1.35. The zero-order chi connectivity index (χ0) is 16.1. The van der Waals surface area contributed by atoms with Gasteiger partial charge in [-0.3, -0.25) is 5.32 Å². The van der Waals surface area contributed by atoms with Gasteiger partial charge in [-0.05, 0) is 12.1 Å². The van der Waals surface area contributed by atoms with Crippen LogP contribution in [0, 0.1) is 0 Å². The van der Waals surface area contributed by atoms with Gasteiger partial charge in [-0.25, -0.2) is 14.5 Å². The van der Waals surface area contributed by atoms with Crippen molar-refractivity contribution in [3.05, 3.63) is 47.7 Å². The smallest absolute Gasteiger partial charge is 0.321 e. The molecular formula is C14H14N6O2S. The molecular weight excluding hydrogens is 316 g/mol. The van der Waals surface area contributed by atoms with E-state index in [4.69, 9.17) is 4.74 Å². The van der Waals surface area contributed by atoms with Gasteiger partial charge in [-0.1, -0.05) is 11.3 Å². The van der Waals surface area contributed by atoms with Gasteiger partial charge in [0.15, 0.2) is 5.13 Å². The lowest BCUT2D eigenvalue weighted by molar-refractivity contribution is 0.251. The predicted octanol–water partition coefficient (Wildman–Crippen LogP) is 2.05. The van der Waals surface area contributed by atoms with E-state index in [0.717, 1.165) is 11.4 Å². The Bertz CT molecular complexity index is 786. The van der Waals surface area contributed by atoms with Crippen LogP contribution in [0.2, 0.25) is 0 Å². The number of methoxy groups -OCH3 is 1. The molecule has 0 bridgehead atoms. The fourth-order valence-electron chi connectivity index (χ4n) is 1.86. The van der Waals surface area contributed by atoms with E-state index in [9.17, 15) is 4.79 Å². The molecule has 2 heterocycles. The van der Waals surface area contributed by atoms with Crippen LogP contribution in [0.5, 0.6) is 5.75 Å². The minimum Gasteiger partial charge on any atom is -0.497 e. The van der Waals surface area contributed by atoms with Crippen molar-refractivity contribution in [2.45, 2.75) is 6.54 Å². The zero-order valence-corrected chi connectivity index (χ0v) is 13.1. The molecule has 0 aliphatic heterocycles. The lowest BCUT2D eigenvalue weighted by Crippen LogP contribution is -2.28. The summed E-state index contributed by atoms with van der Waals surface area (Å²) in [5.41, 5.74) is 1.47. The highest BCUT2D eigenvalue weighted by molar-refractivity contribution is 7.13. The van der Waals surface area contributed by atoms with Crippen LogP contribution in [0.3, 0.4) is 0 Å². The Morgan fingerprint density at radius 2 is 2.35 bits per heavy atom. The molecule has 9 heteroatoms. The van der Waals surface area contributed by atoms with Crippen molar-refractivity contribution in [3.63, 3.8) is 0 Å². The second kappa shape index (κ2) is 6.88. The third-order valence-electron chi connectivity index (χ3n) is 2.94. The minimum atomic E-state index is -0.337. The zero-order valence-electron chi connectivity index (χ0n) is 12.3. The molecule has 0 radical (unpaired) electrons. The molecule has 23 heavy (non-hydrogen) atoms. The minimum absolute atomic E-state index is 0.265. The maximum atomic E-state index is 11.7. The largest absolute Gasteiger partial charge is 0.497 e. The van der Waals surface area contributed by atoms with Crippen LogP contribution in [-0.4, -0.2) is 33.1 Å². The molecule has 118 valence electrons.